The van der Waals surface area contributed by atoms with Crippen LogP contribution in [0.15, 0.2) is 70.5 Å². The molecule has 6 nitrogen and oxygen atoms in total. The molecule has 8 heteroatoms. The van der Waals surface area contributed by atoms with Gasteiger partial charge in [0, 0.05) is 21.1 Å². The van der Waals surface area contributed by atoms with Crippen LogP contribution in [0.2, 0.25) is 0 Å². The Morgan fingerprint density at radius 1 is 0.968 bits per heavy atom. The van der Waals surface area contributed by atoms with E-state index in [-0.39, 0.29) is 11.6 Å². The van der Waals surface area contributed by atoms with Crippen molar-refractivity contribution < 1.29 is 4.79 Å². The molecule has 0 aliphatic carbocycles. The summed E-state index contributed by atoms with van der Waals surface area (Å²) in [6.07, 6.45) is 0.510. The van der Waals surface area contributed by atoms with Gasteiger partial charge in [0.25, 0.3) is 0 Å². The Labute approximate surface area is 192 Å². The predicted octanol–water partition coefficient (Wildman–Crippen LogP) is 2.12. The Morgan fingerprint density at radius 3 is 2.61 bits per heavy atom. The normalized spacial score (nSPS) is 15.8. The zero-order valence-electron chi connectivity index (χ0n) is 16.7. The first-order chi connectivity index (χ1) is 15.0. The fourth-order valence-corrected chi connectivity index (χ4v) is 4.41. The van der Waals surface area contributed by atoms with Gasteiger partial charge in [-0.25, -0.2) is 4.79 Å². The summed E-state index contributed by atoms with van der Waals surface area (Å²) in [5, 5.41) is 3.06. The van der Waals surface area contributed by atoms with Gasteiger partial charge < -0.3 is 15.3 Å². The molecule has 5 rings (SSSR count). The highest BCUT2D eigenvalue weighted by Gasteiger charge is 2.26. The molecule has 0 spiro atoms. The number of rotatable bonds is 3. The van der Waals surface area contributed by atoms with Crippen LogP contribution in [-0.4, -0.2) is 35.5 Å². The molecule has 4 aromatic rings. The summed E-state index contributed by atoms with van der Waals surface area (Å²) in [4.78, 5) is 35.3. The van der Waals surface area contributed by atoms with Crippen LogP contribution in [0.5, 0.6) is 0 Å². The van der Waals surface area contributed by atoms with E-state index in [1.807, 2.05) is 68.5 Å². The lowest BCUT2D eigenvalue weighted by molar-refractivity contribution is -0.117. The van der Waals surface area contributed by atoms with E-state index in [2.05, 4.69) is 37.9 Å². The number of aromatic nitrogens is 2. The number of anilines is 1. The quantitative estimate of drug-likeness (QED) is 0.286. The monoisotopic (exact) mass is 520 g/mol. The van der Waals surface area contributed by atoms with Crippen LogP contribution in [0.1, 0.15) is 16.7 Å². The molecule has 31 heavy (non-hydrogen) atoms. The minimum absolute atomic E-state index is 0.128. The van der Waals surface area contributed by atoms with E-state index in [0.29, 0.717) is 11.9 Å². The highest BCUT2D eigenvalue weighted by Crippen LogP contribution is 2.27. The second kappa shape index (κ2) is 7.84. The molecule has 1 atom stereocenters. The van der Waals surface area contributed by atoms with Crippen molar-refractivity contribution in [3.05, 3.63) is 91.4 Å². The summed E-state index contributed by atoms with van der Waals surface area (Å²) in [6, 6.07) is 19.1. The van der Waals surface area contributed by atoms with Gasteiger partial charge in [0.1, 0.15) is 13.9 Å². The van der Waals surface area contributed by atoms with Gasteiger partial charge in [0.05, 0.1) is 22.4 Å². The molecule has 1 unspecified atom stereocenters. The fourth-order valence-electron chi connectivity index (χ4n) is 3.92. The topological polar surface area (TPSA) is 90.1 Å². The van der Waals surface area contributed by atoms with Crippen LogP contribution >= 0.6 is 22.6 Å². The second-order valence-electron chi connectivity index (χ2n) is 7.64. The molecule has 0 bridgehead atoms. The zero-order valence-corrected chi connectivity index (χ0v) is 18.9. The maximum atomic E-state index is 13.1. The summed E-state index contributed by atoms with van der Waals surface area (Å²) < 4.78 is 1.05. The van der Waals surface area contributed by atoms with E-state index in [1.165, 1.54) is 0 Å². The minimum Gasteiger partial charge on any atom is -0.324 e. The minimum atomic E-state index is -0.567. The average molecular weight is 520 g/mol. The molecule has 0 saturated heterocycles. The number of H-pyrrole nitrogens is 2. The molecule has 152 valence electrons. The number of nitrogens with one attached hydrogen (secondary N) is 3. The van der Waals surface area contributed by atoms with Gasteiger partial charge in [-0.15, -0.1) is 0 Å². The number of hydrogen-bond donors (Lipinski definition) is 3. The van der Waals surface area contributed by atoms with E-state index < -0.39 is 6.04 Å². The average Bonchev–Trinajstić information content (AvgIpc) is 3.06. The number of aromatic amines is 2. The van der Waals surface area contributed by atoms with Crippen LogP contribution in [-0.2, 0) is 11.2 Å². The lowest BCUT2D eigenvalue weighted by atomic mass is 9.87. The van der Waals surface area contributed by atoms with Crippen LogP contribution in [0, 0.1) is 3.57 Å². The number of carbonyl (C=O) groups is 1. The molecule has 2 heterocycles. The van der Waals surface area contributed by atoms with Gasteiger partial charge in [0.2, 0.25) is 5.91 Å². The predicted molar refractivity (Wildman–Crippen MR) is 134 cm³/mol. The second-order valence-corrected chi connectivity index (χ2v) is 8.89. The van der Waals surface area contributed by atoms with Crippen LogP contribution in [0.25, 0.3) is 11.0 Å². The highest BCUT2D eigenvalue weighted by molar-refractivity contribution is 14.1. The molecule has 1 aliphatic rings. The largest absolute Gasteiger partial charge is 0.324 e. The summed E-state index contributed by atoms with van der Waals surface area (Å²) >= 11 is 2.26. The van der Waals surface area contributed by atoms with Gasteiger partial charge in [0.15, 0.2) is 0 Å². The van der Waals surface area contributed by atoms with Crippen LogP contribution in [0.4, 0.5) is 5.69 Å². The maximum Gasteiger partial charge on any atom is 0.323 e. The van der Waals surface area contributed by atoms with Crippen molar-refractivity contribution >= 4 is 64.2 Å². The van der Waals surface area contributed by atoms with Gasteiger partial charge >= 0.3 is 5.69 Å². The number of benzodiazepines with no additional fused rings is 1. The van der Waals surface area contributed by atoms with E-state index >= 15 is 0 Å². The summed E-state index contributed by atoms with van der Waals surface area (Å²) in [7, 11) is 2.04. The Morgan fingerprint density at radius 2 is 1.77 bits per heavy atom. The molecular weight excluding hydrogens is 502 g/mol. The maximum absolute atomic E-state index is 13.1. The first-order valence-electron chi connectivity index (χ1n) is 9.93. The number of halogens is 1. The van der Waals surface area contributed by atoms with Crippen molar-refractivity contribution in [1.82, 2.24) is 9.97 Å². The number of carbonyl (C=O) groups excluding carboxylic acids is 1. The van der Waals surface area contributed by atoms with Crippen LogP contribution in [0.3, 0.4) is 0 Å². The Balaban J connectivity index is 1.67. The highest BCUT2D eigenvalue weighted by atomic mass is 127. The third-order valence-electron chi connectivity index (χ3n) is 5.55. The molecule has 1 aliphatic heterocycles. The SMILES string of the molecule is Bc1ccccc1CC1N=C(c2ccc3[nH]c(=O)[nH]c3c2)c2cc(I)ccc2NC1=O. The lowest BCUT2D eigenvalue weighted by Crippen LogP contribution is -2.29. The number of benzene rings is 3. The van der Waals surface area contributed by atoms with E-state index in [1.54, 1.807) is 0 Å². The Hall–Kier alpha value is -3.14. The number of fused-ring (bicyclic) bond motifs is 2. The molecule has 0 fully saturated rings. The molecule has 0 saturated carbocycles. The van der Waals surface area contributed by atoms with Crippen LogP contribution < -0.4 is 16.5 Å². The zero-order chi connectivity index (χ0) is 21.5. The lowest BCUT2D eigenvalue weighted by Gasteiger charge is -2.13. The first-order valence-corrected chi connectivity index (χ1v) is 11.0. The first kappa shape index (κ1) is 19.8. The summed E-state index contributed by atoms with van der Waals surface area (Å²) in [5.74, 6) is -0.128. The third-order valence-corrected chi connectivity index (χ3v) is 6.22. The fraction of sp³-hybridized carbons (Fsp3) is 0.0870. The van der Waals surface area contributed by atoms with Crippen molar-refractivity contribution in [1.29, 1.82) is 0 Å². The van der Waals surface area contributed by atoms with E-state index in [0.717, 1.165) is 42.6 Å². The molecule has 1 amide bonds. The standard InChI is InChI=1S/C23H18BIN4O2/c24-16-4-2-1-3-12(16)9-20-22(30)27-17-8-6-14(25)11-15(17)21(26-20)13-5-7-18-19(10-13)29-23(31)28-18/h1-8,10-11,20H,9,24H2,(H,27,30)(H2,28,29,31). The molecule has 3 N–H and O–H groups in total. The molecule has 3 aromatic carbocycles. The van der Waals surface area contributed by atoms with Crippen molar-refractivity contribution in [2.45, 2.75) is 12.5 Å². The van der Waals surface area contributed by atoms with E-state index in [4.69, 9.17) is 4.99 Å². The third kappa shape index (κ3) is 3.83. The van der Waals surface area contributed by atoms with Gasteiger partial charge in [-0.3, -0.25) is 9.79 Å². The molecule has 1 aromatic heterocycles. The van der Waals surface area contributed by atoms with Gasteiger partial charge in [-0.1, -0.05) is 41.4 Å². The number of amides is 1. The van der Waals surface area contributed by atoms with Gasteiger partial charge in [-0.2, -0.15) is 0 Å². The smallest absolute Gasteiger partial charge is 0.323 e. The van der Waals surface area contributed by atoms with E-state index in [9.17, 15) is 9.59 Å². The van der Waals surface area contributed by atoms with Crippen molar-refractivity contribution in [2.75, 3.05) is 5.32 Å². The Kier molecular flexibility index (Phi) is 5.01. The summed E-state index contributed by atoms with van der Waals surface area (Å²) in [5.41, 5.74) is 6.59. The Bertz CT molecular complexity index is 1420. The van der Waals surface area contributed by atoms with Crippen molar-refractivity contribution in [3.8, 4) is 0 Å². The summed E-state index contributed by atoms with van der Waals surface area (Å²) in [6.45, 7) is 0. The molecule has 0 radical (unpaired) electrons. The van der Waals surface area contributed by atoms with Crippen molar-refractivity contribution in [3.63, 3.8) is 0 Å². The number of imidazole rings is 1. The number of hydrogen-bond acceptors (Lipinski definition) is 3. The van der Waals surface area contributed by atoms with Gasteiger partial charge in [-0.05, 0) is 52.9 Å². The number of nitrogens with zero attached hydrogens (tertiary/aromatic N) is 1. The number of aliphatic imine (C=N–C) groups is 1. The molecular formula is C23H18BIN4O2. The van der Waals surface area contributed by atoms with Crippen molar-refractivity contribution in [2.24, 2.45) is 4.99 Å².